The Morgan fingerprint density at radius 3 is 1.77 bits per heavy atom. The molecular weight excluding hydrogens is 397 g/mol. The first-order valence-corrected chi connectivity index (χ1v) is 10.6. The van der Waals surface area contributed by atoms with Crippen molar-refractivity contribution in [1.29, 1.82) is 0 Å². The maximum atomic E-state index is 13.1. The number of amides is 2. The smallest absolute Gasteiger partial charge is 0.313 e. The second kappa shape index (κ2) is 9.34. The number of nitrogens with zero attached hydrogens (tertiary/aromatic N) is 4. The molecule has 0 radical (unpaired) electrons. The van der Waals surface area contributed by atoms with Gasteiger partial charge < -0.3 is 24.9 Å². The van der Waals surface area contributed by atoms with Crippen LogP contribution in [-0.2, 0) is 9.59 Å². The van der Waals surface area contributed by atoms with Gasteiger partial charge in [-0.3, -0.25) is 9.59 Å². The summed E-state index contributed by atoms with van der Waals surface area (Å²) in [4.78, 5) is 33.3. The number of carbonyl (C=O) groups is 2. The van der Waals surface area contributed by atoms with Crippen molar-refractivity contribution in [2.45, 2.75) is 0 Å². The number of rotatable bonds is 3. The van der Waals surface area contributed by atoms with Gasteiger partial charge in [0, 0.05) is 69.4 Å². The van der Waals surface area contributed by atoms with Crippen molar-refractivity contribution in [3.05, 3.63) is 54.3 Å². The molecule has 0 atom stereocenters. The molecule has 2 aromatic carbocycles. The highest BCUT2D eigenvalue weighted by Crippen LogP contribution is 2.20. The predicted molar refractivity (Wildman–Crippen MR) is 120 cm³/mol. The summed E-state index contributed by atoms with van der Waals surface area (Å²) in [6.07, 6.45) is 0. The average Bonchev–Trinajstić information content (AvgIpc) is 2.80. The Hall–Kier alpha value is -3.13. The van der Waals surface area contributed by atoms with Gasteiger partial charge in [-0.15, -0.1) is 0 Å². The van der Waals surface area contributed by atoms with E-state index in [-0.39, 0.29) is 5.82 Å². The normalized spacial score (nSPS) is 17.5. The molecule has 31 heavy (non-hydrogen) atoms. The summed E-state index contributed by atoms with van der Waals surface area (Å²) in [7, 11) is 2.12. The van der Waals surface area contributed by atoms with Crippen LogP contribution in [0.15, 0.2) is 48.5 Å². The van der Waals surface area contributed by atoms with Gasteiger partial charge >= 0.3 is 11.8 Å². The molecule has 0 bridgehead atoms. The molecule has 0 aromatic heterocycles. The lowest BCUT2D eigenvalue weighted by molar-refractivity contribution is -0.143. The second-order valence-electron chi connectivity index (χ2n) is 8.05. The Bertz CT molecular complexity index is 903. The highest BCUT2D eigenvalue weighted by Gasteiger charge is 2.26. The first-order valence-electron chi connectivity index (χ1n) is 10.6. The lowest BCUT2D eigenvalue weighted by atomic mass is 10.2. The fourth-order valence-electron chi connectivity index (χ4n) is 3.97. The Kier molecular flexibility index (Phi) is 6.36. The first-order chi connectivity index (χ1) is 15.0. The van der Waals surface area contributed by atoms with E-state index in [0.29, 0.717) is 31.9 Å². The van der Waals surface area contributed by atoms with E-state index in [4.69, 9.17) is 0 Å². The maximum Gasteiger partial charge on any atom is 0.313 e. The molecule has 0 saturated carbocycles. The standard InChI is InChI=1S/C23H28FN5O2/c1-26-10-12-27(13-11-26)21-8-4-19(5-9-21)25-22(30)23(31)29-16-14-28(15-17-29)20-6-2-18(24)3-7-20/h2-9H,10-17H2,1H3,(H,25,30). The zero-order valence-corrected chi connectivity index (χ0v) is 17.8. The van der Waals surface area contributed by atoms with Crippen LogP contribution in [0, 0.1) is 5.82 Å². The molecule has 0 spiro atoms. The fourth-order valence-corrected chi connectivity index (χ4v) is 3.97. The van der Waals surface area contributed by atoms with Crippen LogP contribution >= 0.6 is 0 Å². The van der Waals surface area contributed by atoms with Gasteiger partial charge in [0.25, 0.3) is 0 Å². The van der Waals surface area contributed by atoms with Gasteiger partial charge in [0.2, 0.25) is 0 Å². The van der Waals surface area contributed by atoms with E-state index < -0.39 is 11.8 Å². The van der Waals surface area contributed by atoms with E-state index in [0.717, 1.165) is 37.6 Å². The van der Waals surface area contributed by atoms with Crippen molar-refractivity contribution < 1.29 is 14.0 Å². The van der Waals surface area contributed by atoms with Crippen molar-refractivity contribution >= 4 is 28.9 Å². The number of nitrogens with one attached hydrogen (secondary N) is 1. The van der Waals surface area contributed by atoms with Crippen LogP contribution in [-0.4, -0.2) is 81.0 Å². The number of likely N-dealkylation sites (N-methyl/N-ethyl adjacent to an activating group) is 1. The molecule has 2 aromatic rings. The van der Waals surface area contributed by atoms with Gasteiger partial charge in [-0.25, -0.2) is 4.39 Å². The van der Waals surface area contributed by atoms with E-state index in [9.17, 15) is 14.0 Å². The SMILES string of the molecule is CN1CCN(c2ccc(NC(=O)C(=O)N3CCN(c4ccc(F)cc4)CC3)cc2)CC1. The van der Waals surface area contributed by atoms with Crippen molar-refractivity contribution in [1.82, 2.24) is 9.80 Å². The fraction of sp³-hybridized carbons (Fsp3) is 0.391. The topological polar surface area (TPSA) is 59.1 Å². The molecular formula is C23H28FN5O2. The number of hydrogen-bond acceptors (Lipinski definition) is 5. The third-order valence-electron chi connectivity index (χ3n) is 5.95. The maximum absolute atomic E-state index is 13.1. The molecule has 2 aliphatic heterocycles. The van der Waals surface area contributed by atoms with Crippen molar-refractivity contribution in [2.75, 3.05) is 74.5 Å². The van der Waals surface area contributed by atoms with Gasteiger partial charge in [0.05, 0.1) is 0 Å². The van der Waals surface area contributed by atoms with Crippen LogP contribution in [0.4, 0.5) is 21.5 Å². The van der Waals surface area contributed by atoms with E-state index in [1.807, 2.05) is 24.3 Å². The lowest BCUT2D eigenvalue weighted by Crippen LogP contribution is -2.51. The molecule has 2 fully saturated rings. The number of piperazine rings is 2. The largest absolute Gasteiger partial charge is 0.369 e. The molecule has 7 nitrogen and oxygen atoms in total. The highest BCUT2D eigenvalue weighted by atomic mass is 19.1. The molecule has 2 amide bonds. The highest BCUT2D eigenvalue weighted by molar-refractivity contribution is 6.39. The van der Waals surface area contributed by atoms with Crippen molar-refractivity contribution in [3.63, 3.8) is 0 Å². The minimum Gasteiger partial charge on any atom is -0.369 e. The summed E-state index contributed by atoms with van der Waals surface area (Å²) < 4.78 is 13.1. The van der Waals surface area contributed by atoms with Crippen LogP contribution in [0.1, 0.15) is 0 Å². The molecule has 4 rings (SSSR count). The molecule has 8 heteroatoms. The summed E-state index contributed by atoms with van der Waals surface area (Å²) in [5, 5.41) is 2.71. The third kappa shape index (κ3) is 5.14. The molecule has 1 N–H and O–H groups in total. The quantitative estimate of drug-likeness (QED) is 0.761. The lowest BCUT2D eigenvalue weighted by Gasteiger charge is -2.35. The molecule has 2 saturated heterocycles. The molecule has 2 heterocycles. The van der Waals surface area contributed by atoms with Crippen LogP contribution in [0.25, 0.3) is 0 Å². The van der Waals surface area contributed by atoms with Gasteiger partial charge in [0.1, 0.15) is 5.82 Å². The van der Waals surface area contributed by atoms with Gasteiger partial charge in [-0.1, -0.05) is 0 Å². The second-order valence-corrected chi connectivity index (χ2v) is 8.05. The summed E-state index contributed by atoms with van der Waals surface area (Å²) in [6, 6.07) is 13.9. The summed E-state index contributed by atoms with van der Waals surface area (Å²) in [5.74, 6) is -1.42. The zero-order chi connectivity index (χ0) is 21.8. The van der Waals surface area contributed by atoms with Crippen molar-refractivity contribution in [2.24, 2.45) is 0 Å². The Labute approximate surface area is 182 Å². The van der Waals surface area contributed by atoms with E-state index in [1.54, 1.807) is 17.0 Å². The van der Waals surface area contributed by atoms with Gasteiger partial charge in [-0.05, 0) is 55.6 Å². The third-order valence-corrected chi connectivity index (χ3v) is 5.95. The van der Waals surface area contributed by atoms with E-state index >= 15 is 0 Å². The Balaban J connectivity index is 1.28. The number of benzene rings is 2. The van der Waals surface area contributed by atoms with E-state index in [1.165, 1.54) is 12.1 Å². The number of halogens is 1. The first kappa shape index (κ1) is 21.1. The van der Waals surface area contributed by atoms with Crippen molar-refractivity contribution in [3.8, 4) is 0 Å². The molecule has 0 aliphatic carbocycles. The zero-order valence-electron chi connectivity index (χ0n) is 17.8. The summed E-state index contributed by atoms with van der Waals surface area (Å²) in [5.41, 5.74) is 2.65. The van der Waals surface area contributed by atoms with Crippen LogP contribution in [0.3, 0.4) is 0 Å². The van der Waals surface area contributed by atoms with E-state index in [2.05, 4.69) is 27.1 Å². The van der Waals surface area contributed by atoms with Gasteiger partial charge in [0.15, 0.2) is 0 Å². The molecule has 164 valence electrons. The van der Waals surface area contributed by atoms with Crippen LogP contribution < -0.4 is 15.1 Å². The minimum absolute atomic E-state index is 0.272. The Morgan fingerprint density at radius 1 is 0.742 bits per heavy atom. The van der Waals surface area contributed by atoms with Crippen LogP contribution in [0.2, 0.25) is 0 Å². The predicted octanol–water partition coefficient (Wildman–Crippen LogP) is 1.86. The molecule has 2 aliphatic rings. The monoisotopic (exact) mass is 425 g/mol. The number of carbonyl (C=O) groups excluding carboxylic acids is 2. The van der Waals surface area contributed by atoms with Gasteiger partial charge in [-0.2, -0.15) is 0 Å². The Morgan fingerprint density at radius 2 is 1.23 bits per heavy atom. The number of hydrogen-bond donors (Lipinski definition) is 1. The minimum atomic E-state index is -0.623. The average molecular weight is 426 g/mol. The molecule has 0 unspecified atom stereocenters. The summed E-state index contributed by atoms with van der Waals surface area (Å²) >= 11 is 0. The summed E-state index contributed by atoms with van der Waals surface area (Å²) in [6.45, 7) is 6.12. The van der Waals surface area contributed by atoms with Crippen LogP contribution in [0.5, 0.6) is 0 Å². The number of anilines is 3.